The van der Waals surface area contributed by atoms with Crippen molar-refractivity contribution in [1.29, 1.82) is 0 Å². The second-order valence-electron chi connectivity index (χ2n) is 5.09. The van der Waals surface area contributed by atoms with E-state index in [4.69, 9.17) is 4.74 Å². The molecule has 23 heavy (non-hydrogen) atoms. The minimum atomic E-state index is -3.51. The van der Waals surface area contributed by atoms with E-state index in [1.54, 1.807) is 6.92 Å². The number of hydrogen-bond acceptors (Lipinski definition) is 4. The van der Waals surface area contributed by atoms with Crippen LogP contribution in [0.3, 0.4) is 0 Å². The number of carbonyl (C=O) groups excluding carboxylic acids is 1. The van der Waals surface area contributed by atoms with Crippen LogP contribution in [0.4, 0.5) is 0 Å². The first-order chi connectivity index (χ1) is 10.9. The van der Waals surface area contributed by atoms with Crippen LogP contribution in [0.5, 0.6) is 0 Å². The third-order valence-corrected chi connectivity index (χ3v) is 4.79. The predicted octanol–water partition coefficient (Wildman–Crippen LogP) is 2.65. The molecule has 0 amide bonds. The van der Waals surface area contributed by atoms with Crippen LogP contribution >= 0.6 is 0 Å². The second-order valence-corrected chi connectivity index (χ2v) is 6.85. The number of benzene rings is 2. The molecule has 0 aliphatic carbocycles. The van der Waals surface area contributed by atoms with Crippen LogP contribution in [0.1, 0.15) is 28.4 Å². The van der Waals surface area contributed by atoms with Crippen LogP contribution in [0.2, 0.25) is 0 Å². The van der Waals surface area contributed by atoms with Gasteiger partial charge < -0.3 is 4.74 Å². The Bertz CT molecular complexity index is 765. The maximum Gasteiger partial charge on any atom is 0.338 e. The number of aryl methyl sites for hydroxylation is 1. The molecule has 0 saturated carbocycles. The Hall–Kier alpha value is -2.18. The third kappa shape index (κ3) is 4.64. The Kier molecular flexibility index (Phi) is 5.52. The number of esters is 1. The number of hydrogen-bond donors (Lipinski definition) is 1. The van der Waals surface area contributed by atoms with E-state index in [9.17, 15) is 13.2 Å². The Morgan fingerprint density at radius 1 is 1.04 bits per heavy atom. The van der Waals surface area contributed by atoms with Crippen molar-refractivity contribution < 1.29 is 17.9 Å². The van der Waals surface area contributed by atoms with Crippen LogP contribution in [0, 0.1) is 6.92 Å². The molecule has 0 atom stereocenters. The van der Waals surface area contributed by atoms with Gasteiger partial charge in [-0.2, -0.15) is 0 Å². The molecule has 1 N–H and O–H groups in total. The molecule has 6 heteroatoms. The van der Waals surface area contributed by atoms with Gasteiger partial charge in [0.05, 0.1) is 10.5 Å². The molecule has 2 aromatic carbocycles. The van der Waals surface area contributed by atoms with Gasteiger partial charge in [0.25, 0.3) is 0 Å². The van der Waals surface area contributed by atoms with Gasteiger partial charge in [0.1, 0.15) is 6.61 Å². The van der Waals surface area contributed by atoms with E-state index in [1.165, 1.54) is 24.3 Å². The van der Waals surface area contributed by atoms with Crippen LogP contribution in [0.15, 0.2) is 53.4 Å². The lowest BCUT2D eigenvalue weighted by molar-refractivity contribution is 0.0472. The zero-order valence-corrected chi connectivity index (χ0v) is 13.9. The summed E-state index contributed by atoms with van der Waals surface area (Å²) in [6.07, 6.45) is 0. The fourth-order valence-electron chi connectivity index (χ4n) is 1.96. The summed E-state index contributed by atoms with van der Waals surface area (Å²) in [5, 5.41) is 0. The van der Waals surface area contributed by atoms with Crippen molar-refractivity contribution >= 4 is 16.0 Å². The molecular formula is C17H19NO4S. The molecule has 2 rings (SSSR count). The molecule has 122 valence electrons. The normalized spacial score (nSPS) is 11.2. The van der Waals surface area contributed by atoms with Crippen molar-refractivity contribution in [2.75, 3.05) is 6.54 Å². The number of nitrogens with one attached hydrogen (secondary N) is 1. The molecule has 0 radical (unpaired) electrons. The van der Waals surface area contributed by atoms with E-state index in [0.29, 0.717) is 12.1 Å². The lowest BCUT2D eigenvalue weighted by Gasteiger charge is -2.07. The van der Waals surface area contributed by atoms with Crippen LogP contribution in [0.25, 0.3) is 0 Å². The smallest absolute Gasteiger partial charge is 0.338 e. The summed E-state index contributed by atoms with van der Waals surface area (Å²) in [4.78, 5) is 12.1. The molecule has 0 heterocycles. The highest BCUT2D eigenvalue weighted by atomic mass is 32.2. The first-order valence-electron chi connectivity index (χ1n) is 7.25. The molecule has 0 aromatic heterocycles. The monoisotopic (exact) mass is 333 g/mol. The van der Waals surface area contributed by atoms with Crippen molar-refractivity contribution in [3.8, 4) is 0 Å². The molecule has 5 nitrogen and oxygen atoms in total. The quantitative estimate of drug-likeness (QED) is 0.825. The minimum absolute atomic E-state index is 0.120. The highest BCUT2D eigenvalue weighted by Gasteiger charge is 2.14. The van der Waals surface area contributed by atoms with E-state index in [1.807, 2.05) is 31.2 Å². The standard InChI is InChI=1S/C17H19NO4S/c1-3-18-23(20,21)16-10-8-15(9-11-16)17(19)22-12-14-6-4-13(2)5-7-14/h4-11,18H,3,12H2,1-2H3. The molecule has 0 fully saturated rings. The van der Waals surface area contributed by atoms with Gasteiger partial charge in [-0.05, 0) is 36.8 Å². The SMILES string of the molecule is CCNS(=O)(=O)c1ccc(C(=O)OCc2ccc(C)cc2)cc1. The summed E-state index contributed by atoms with van der Waals surface area (Å²) in [5.41, 5.74) is 2.35. The first kappa shape index (κ1) is 17.2. The fraction of sp³-hybridized carbons (Fsp3) is 0.235. The van der Waals surface area contributed by atoms with Crippen molar-refractivity contribution in [2.45, 2.75) is 25.3 Å². The van der Waals surface area contributed by atoms with Gasteiger partial charge in [-0.1, -0.05) is 36.8 Å². The Morgan fingerprint density at radius 2 is 1.65 bits per heavy atom. The second kappa shape index (κ2) is 7.39. The van der Waals surface area contributed by atoms with Gasteiger partial charge in [-0.3, -0.25) is 0 Å². The van der Waals surface area contributed by atoms with Crippen LogP contribution in [-0.2, 0) is 21.4 Å². The number of carbonyl (C=O) groups is 1. The lowest BCUT2D eigenvalue weighted by atomic mass is 10.2. The molecule has 0 aliphatic heterocycles. The van der Waals surface area contributed by atoms with Gasteiger partial charge in [0.15, 0.2) is 0 Å². The van der Waals surface area contributed by atoms with Crippen molar-refractivity contribution in [1.82, 2.24) is 4.72 Å². The van der Waals surface area contributed by atoms with Gasteiger partial charge >= 0.3 is 5.97 Å². The van der Waals surface area contributed by atoms with Crippen molar-refractivity contribution in [2.24, 2.45) is 0 Å². The van der Waals surface area contributed by atoms with E-state index < -0.39 is 16.0 Å². The van der Waals surface area contributed by atoms with E-state index in [2.05, 4.69) is 4.72 Å². The topological polar surface area (TPSA) is 72.5 Å². The summed E-state index contributed by atoms with van der Waals surface area (Å²) in [6.45, 7) is 4.17. The summed E-state index contributed by atoms with van der Waals surface area (Å²) in [5.74, 6) is -0.488. The molecule has 0 aliphatic rings. The molecule has 0 unspecified atom stereocenters. The largest absolute Gasteiger partial charge is 0.457 e. The minimum Gasteiger partial charge on any atom is -0.457 e. The Labute approximate surface area is 136 Å². The van der Waals surface area contributed by atoms with E-state index in [-0.39, 0.29) is 11.5 Å². The van der Waals surface area contributed by atoms with E-state index >= 15 is 0 Å². The molecule has 0 saturated heterocycles. The zero-order valence-electron chi connectivity index (χ0n) is 13.1. The summed E-state index contributed by atoms with van der Waals surface area (Å²) >= 11 is 0. The Balaban J connectivity index is 2.01. The summed E-state index contributed by atoms with van der Waals surface area (Å²) in [7, 11) is -3.51. The van der Waals surface area contributed by atoms with Crippen LogP contribution in [-0.4, -0.2) is 20.9 Å². The van der Waals surface area contributed by atoms with Gasteiger partial charge in [-0.15, -0.1) is 0 Å². The number of ether oxygens (including phenoxy) is 1. The van der Waals surface area contributed by atoms with E-state index in [0.717, 1.165) is 11.1 Å². The Morgan fingerprint density at radius 3 is 2.22 bits per heavy atom. The number of rotatable bonds is 6. The highest BCUT2D eigenvalue weighted by Crippen LogP contribution is 2.12. The molecule has 0 bridgehead atoms. The molecule has 2 aromatic rings. The predicted molar refractivity (Wildman–Crippen MR) is 87.6 cm³/mol. The van der Waals surface area contributed by atoms with Crippen molar-refractivity contribution in [3.05, 3.63) is 65.2 Å². The zero-order chi connectivity index (χ0) is 16.9. The third-order valence-electron chi connectivity index (χ3n) is 3.23. The van der Waals surface area contributed by atoms with Crippen molar-refractivity contribution in [3.63, 3.8) is 0 Å². The highest BCUT2D eigenvalue weighted by molar-refractivity contribution is 7.89. The summed E-state index contributed by atoms with van der Waals surface area (Å²) < 4.78 is 31.3. The van der Waals surface area contributed by atoms with Gasteiger partial charge in [0, 0.05) is 6.54 Å². The average Bonchev–Trinajstić information content (AvgIpc) is 2.54. The molecule has 0 spiro atoms. The number of sulfonamides is 1. The van der Waals surface area contributed by atoms with Crippen LogP contribution < -0.4 is 4.72 Å². The molecular weight excluding hydrogens is 314 g/mol. The summed E-state index contributed by atoms with van der Waals surface area (Å²) in [6, 6.07) is 13.4. The fourth-order valence-corrected chi connectivity index (χ4v) is 3.00. The maximum atomic E-state index is 12.0. The average molecular weight is 333 g/mol. The first-order valence-corrected chi connectivity index (χ1v) is 8.73. The van der Waals surface area contributed by atoms with Gasteiger partial charge in [-0.25, -0.2) is 17.9 Å². The lowest BCUT2D eigenvalue weighted by Crippen LogP contribution is -2.23. The van der Waals surface area contributed by atoms with Gasteiger partial charge in [0.2, 0.25) is 10.0 Å². The maximum absolute atomic E-state index is 12.0.